The number of thioether (sulfide) groups is 1. The summed E-state index contributed by atoms with van der Waals surface area (Å²) in [5, 5.41) is 0.713. The second kappa shape index (κ2) is 8.75. The fourth-order valence-electron chi connectivity index (χ4n) is 3.56. The van der Waals surface area contributed by atoms with Gasteiger partial charge in [0.1, 0.15) is 0 Å². The number of carbonyl (C=O) groups excluding carboxylic acids is 1. The van der Waals surface area contributed by atoms with Crippen molar-refractivity contribution >= 4 is 17.7 Å². The average Bonchev–Trinajstić information content (AvgIpc) is 3.12. The lowest BCUT2D eigenvalue weighted by atomic mass is 9.99. The Hall–Kier alpha value is -1.23. The van der Waals surface area contributed by atoms with Gasteiger partial charge in [0.15, 0.2) is 0 Å². The van der Waals surface area contributed by atoms with Crippen molar-refractivity contribution in [1.82, 2.24) is 9.88 Å². The van der Waals surface area contributed by atoms with E-state index in [4.69, 9.17) is 4.74 Å². The molecule has 1 aliphatic carbocycles. The Morgan fingerprint density at radius 3 is 2.92 bits per heavy atom. The topological polar surface area (TPSA) is 42.4 Å². The van der Waals surface area contributed by atoms with Gasteiger partial charge in [-0.1, -0.05) is 18.9 Å². The summed E-state index contributed by atoms with van der Waals surface area (Å²) < 4.78 is 5.84. The molecule has 0 aromatic carbocycles. The molecule has 2 aliphatic rings. The van der Waals surface area contributed by atoms with Crippen LogP contribution in [0.15, 0.2) is 18.2 Å². The Labute approximate surface area is 149 Å². The Morgan fingerprint density at radius 1 is 1.29 bits per heavy atom. The van der Waals surface area contributed by atoms with Crippen LogP contribution in [0.25, 0.3) is 0 Å². The van der Waals surface area contributed by atoms with Gasteiger partial charge in [0.2, 0.25) is 11.8 Å². The smallest absolute Gasteiger partial charge is 0.232 e. The zero-order chi connectivity index (χ0) is 16.8. The monoisotopic (exact) mass is 348 g/mol. The number of nitrogens with zero attached hydrogens (tertiary/aromatic N) is 2. The van der Waals surface area contributed by atoms with E-state index >= 15 is 0 Å². The molecule has 132 valence electrons. The highest BCUT2D eigenvalue weighted by Crippen LogP contribution is 2.29. The molecule has 1 aliphatic heterocycles. The van der Waals surface area contributed by atoms with Gasteiger partial charge in [0, 0.05) is 36.0 Å². The maximum absolute atomic E-state index is 12.5. The summed E-state index contributed by atoms with van der Waals surface area (Å²) in [5.74, 6) is 2.07. The van der Waals surface area contributed by atoms with Crippen LogP contribution in [0.1, 0.15) is 44.2 Å². The van der Waals surface area contributed by atoms with Crippen LogP contribution in [0.5, 0.6) is 5.88 Å². The second-order valence-corrected chi connectivity index (χ2v) is 8.28. The molecule has 0 bridgehead atoms. The van der Waals surface area contributed by atoms with Crippen LogP contribution in [0.2, 0.25) is 0 Å². The molecule has 3 rings (SSSR count). The molecule has 1 amide bonds. The van der Waals surface area contributed by atoms with Crippen molar-refractivity contribution in [2.24, 2.45) is 5.92 Å². The van der Waals surface area contributed by atoms with E-state index in [9.17, 15) is 4.79 Å². The lowest BCUT2D eigenvalue weighted by Gasteiger charge is -2.32. The third-order valence-corrected chi connectivity index (χ3v) is 6.30. The summed E-state index contributed by atoms with van der Waals surface area (Å²) in [6.45, 7) is 4.35. The largest absolute Gasteiger partial charge is 0.477 e. The number of likely N-dealkylation sites (tertiary alicyclic amines) is 1. The number of hydrogen-bond donors (Lipinski definition) is 0. The van der Waals surface area contributed by atoms with Gasteiger partial charge in [-0.15, -0.1) is 11.8 Å². The maximum Gasteiger partial charge on any atom is 0.232 e. The van der Waals surface area contributed by atoms with Crippen LogP contribution in [0.3, 0.4) is 0 Å². The predicted octanol–water partition coefficient (Wildman–Crippen LogP) is 3.68. The Morgan fingerprint density at radius 2 is 2.12 bits per heavy atom. The van der Waals surface area contributed by atoms with E-state index in [2.05, 4.69) is 4.98 Å². The lowest BCUT2D eigenvalue weighted by Crippen LogP contribution is -2.42. The molecule has 1 saturated carbocycles. The molecule has 5 heteroatoms. The first-order valence-electron chi connectivity index (χ1n) is 9.16. The van der Waals surface area contributed by atoms with Crippen molar-refractivity contribution in [2.45, 2.75) is 50.7 Å². The maximum atomic E-state index is 12.5. The molecule has 1 saturated heterocycles. The summed E-state index contributed by atoms with van der Waals surface area (Å²) in [4.78, 5) is 18.9. The van der Waals surface area contributed by atoms with Gasteiger partial charge in [-0.25, -0.2) is 4.98 Å². The van der Waals surface area contributed by atoms with Crippen LogP contribution in [0.4, 0.5) is 0 Å². The normalized spacial score (nSPS) is 21.9. The molecule has 1 unspecified atom stereocenters. The van der Waals surface area contributed by atoms with Crippen LogP contribution >= 0.6 is 11.8 Å². The Kier molecular flexibility index (Phi) is 6.41. The summed E-state index contributed by atoms with van der Waals surface area (Å²) >= 11 is 1.87. The molecule has 0 radical (unpaired) electrons. The van der Waals surface area contributed by atoms with Gasteiger partial charge < -0.3 is 9.64 Å². The third-order valence-electron chi connectivity index (χ3n) is 4.95. The molecule has 1 aromatic heterocycles. The van der Waals surface area contributed by atoms with E-state index in [0.717, 1.165) is 31.6 Å². The van der Waals surface area contributed by atoms with E-state index in [-0.39, 0.29) is 0 Å². The standard InChI is InChI=1S/C19H28N2O2S/c1-15-6-4-10-18(20-15)23-13-16-7-5-11-21(12-16)19(22)14-24-17-8-2-3-9-17/h4,6,10,16-17H,2-3,5,7-9,11-14H2,1H3. The van der Waals surface area contributed by atoms with Gasteiger partial charge >= 0.3 is 0 Å². The quantitative estimate of drug-likeness (QED) is 0.786. The minimum atomic E-state index is 0.310. The highest BCUT2D eigenvalue weighted by molar-refractivity contribution is 8.00. The first kappa shape index (κ1) is 17.6. The highest BCUT2D eigenvalue weighted by atomic mass is 32.2. The molecule has 2 heterocycles. The zero-order valence-corrected chi connectivity index (χ0v) is 15.4. The Balaban J connectivity index is 1.42. The van der Waals surface area contributed by atoms with E-state index in [0.29, 0.717) is 35.3 Å². The summed E-state index contributed by atoms with van der Waals surface area (Å²) in [5.41, 5.74) is 0.969. The first-order chi connectivity index (χ1) is 11.7. The summed E-state index contributed by atoms with van der Waals surface area (Å²) in [6.07, 6.45) is 7.46. The Bertz CT molecular complexity index is 546. The van der Waals surface area contributed by atoms with Gasteiger partial charge in [0.25, 0.3) is 0 Å². The molecular formula is C19H28N2O2S. The van der Waals surface area contributed by atoms with Gasteiger partial charge in [0.05, 0.1) is 12.4 Å². The number of aryl methyl sites for hydroxylation is 1. The fraction of sp³-hybridized carbons (Fsp3) is 0.684. The molecule has 1 atom stereocenters. The van der Waals surface area contributed by atoms with E-state index in [1.807, 2.05) is 41.8 Å². The minimum Gasteiger partial charge on any atom is -0.477 e. The minimum absolute atomic E-state index is 0.310. The molecule has 24 heavy (non-hydrogen) atoms. The summed E-state index contributed by atoms with van der Waals surface area (Å²) in [7, 11) is 0. The van der Waals surface area contributed by atoms with E-state index in [1.165, 1.54) is 25.7 Å². The van der Waals surface area contributed by atoms with Crippen LogP contribution in [-0.2, 0) is 4.79 Å². The predicted molar refractivity (Wildman–Crippen MR) is 98.5 cm³/mol. The van der Waals surface area contributed by atoms with Gasteiger partial charge in [-0.2, -0.15) is 0 Å². The SMILES string of the molecule is Cc1cccc(OCC2CCCN(C(=O)CSC3CCCC3)C2)n1. The van der Waals surface area contributed by atoms with Crippen molar-refractivity contribution in [3.63, 3.8) is 0 Å². The molecule has 0 spiro atoms. The molecule has 1 aromatic rings. The van der Waals surface area contributed by atoms with Crippen molar-refractivity contribution < 1.29 is 9.53 Å². The third kappa shape index (κ3) is 5.13. The number of pyridine rings is 1. The van der Waals surface area contributed by atoms with E-state index in [1.54, 1.807) is 0 Å². The van der Waals surface area contributed by atoms with Crippen molar-refractivity contribution in [2.75, 3.05) is 25.4 Å². The molecular weight excluding hydrogens is 320 g/mol. The highest BCUT2D eigenvalue weighted by Gasteiger charge is 2.25. The summed E-state index contributed by atoms with van der Waals surface area (Å²) in [6, 6.07) is 5.83. The van der Waals surface area contributed by atoms with Crippen molar-refractivity contribution in [1.29, 1.82) is 0 Å². The van der Waals surface area contributed by atoms with Gasteiger partial charge in [-0.05, 0) is 38.7 Å². The number of rotatable bonds is 6. The van der Waals surface area contributed by atoms with Crippen molar-refractivity contribution in [3.05, 3.63) is 23.9 Å². The number of piperidine rings is 1. The first-order valence-corrected chi connectivity index (χ1v) is 10.2. The number of ether oxygens (including phenoxy) is 1. The number of hydrogen-bond acceptors (Lipinski definition) is 4. The zero-order valence-electron chi connectivity index (χ0n) is 14.6. The fourth-order valence-corrected chi connectivity index (χ4v) is 4.79. The molecule has 2 fully saturated rings. The van der Waals surface area contributed by atoms with Crippen LogP contribution in [-0.4, -0.2) is 46.5 Å². The number of amides is 1. The second-order valence-electron chi connectivity index (χ2n) is 6.99. The van der Waals surface area contributed by atoms with E-state index < -0.39 is 0 Å². The average molecular weight is 349 g/mol. The van der Waals surface area contributed by atoms with Gasteiger partial charge in [-0.3, -0.25) is 4.79 Å². The van der Waals surface area contributed by atoms with Crippen LogP contribution < -0.4 is 4.74 Å². The lowest BCUT2D eigenvalue weighted by molar-refractivity contribution is -0.130. The number of carbonyl (C=O) groups is 1. The number of aromatic nitrogens is 1. The van der Waals surface area contributed by atoms with Crippen LogP contribution in [0, 0.1) is 12.8 Å². The molecule has 0 N–H and O–H groups in total. The van der Waals surface area contributed by atoms with Crippen molar-refractivity contribution in [3.8, 4) is 5.88 Å². The molecule has 4 nitrogen and oxygen atoms in total.